The number of nitriles is 1. The maximum absolute atomic E-state index is 11.9. The molecule has 0 fully saturated rings. The molecule has 0 aliphatic heterocycles. The topological polar surface area (TPSA) is 103 Å². The summed E-state index contributed by atoms with van der Waals surface area (Å²) < 4.78 is 0. The highest BCUT2D eigenvalue weighted by Gasteiger charge is 2.20. The van der Waals surface area contributed by atoms with Crippen molar-refractivity contribution in [1.29, 1.82) is 5.26 Å². The summed E-state index contributed by atoms with van der Waals surface area (Å²) in [5, 5.41) is 21.2. The molecule has 0 unspecified atom stereocenters. The fourth-order valence-electron chi connectivity index (χ4n) is 1.86. The van der Waals surface area contributed by atoms with E-state index in [1.807, 2.05) is 6.07 Å². The zero-order valence-electron chi connectivity index (χ0n) is 12.0. The van der Waals surface area contributed by atoms with Crippen molar-refractivity contribution in [3.8, 4) is 17.3 Å². The Balaban J connectivity index is 2.24. The molecular weight excluding hydrogens is 338 g/mol. The van der Waals surface area contributed by atoms with Gasteiger partial charge in [0.05, 0.1) is 6.42 Å². The number of carboxylic acids is 1. The van der Waals surface area contributed by atoms with E-state index in [2.05, 4.69) is 10.3 Å². The van der Waals surface area contributed by atoms with Crippen LogP contribution in [0, 0.1) is 17.2 Å². The highest BCUT2D eigenvalue weighted by atomic mass is 35.5. The molecular formula is C15H12ClN3O3S. The zero-order valence-corrected chi connectivity index (χ0v) is 13.6. The summed E-state index contributed by atoms with van der Waals surface area (Å²) in [5.41, 5.74) is 1.10. The van der Waals surface area contributed by atoms with E-state index in [0.29, 0.717) is 21.2 Å². The molecule has 0 bridgehead atoms. The van der Waals surface area contributed by atoms with E-state index in [0.717, 1.165) is 11.3 Å². The van der Waals surface area contributed by atoms with Gasteiger partial charge in [-0.1, -0.05) is 42.0 Å². The number of halogens is 1. The molecule has 6 nitrogen and oxygen atoms in total. The molecule has 0 aliphatic rings. The highest BCUT2D eigenvalue weighted by molar-refractivity contribution is 7.16. The molecule has 1 atom stereocenters. The van der Waals surface area contributed by atoms with Crippen LogP contribution < -0.4 is 5.32 Å². The van der Waals surface area contributed by atoms with E-state index in [9.17, 15) is 14.9 Å². The Morgan fingerprint density at radius 3 is 2.87 bits per heavy atom. The largest absolute Gasteiger partial charge is 0.481 e. The Morgan fingerprint density at radius 2 is 2.26 bits per heavy atom. The number of carboxylic acid groups (broad SMARTS) is 1. The van der Waals surface area contributed by atoms with Gasteiger partial charge in [-0.2, -0.15) is 5.26 Å². The third-order valence-electron chi connectivity index (χ3n) is 2.99. The van der Waals surface area contributed by atoms with Crippen LogP contribution in [0.4, 0.5) is 5.13 Å². The summed E-state index contributed by atoms with van der Waals surface area (Å²) >= 11 is 6.97. The first kappa shape index (κ1) is 16.9. The van der Waals surface area contributed by atoms with Gasteiger partial charge in [0.15, 0.2) is 5.13 Å². The van der Waals surface area contributed by atoms with Gasteiger partial charge in [0.1, 0.15) is 16.6 Å². The number of hydrogen-bond donors (Lipinski definition) is 2. The number of carbonyl (C=O) groups is 2. The number of thiazole rings is 1. The molecule has 118 valence electrons. The first-order valence-electron chi connectivity index (χ1n) is 6.60. The number of aliphatic carboxylic acids is 1. The predicted octanol–water partition coefficient (Wildman–Crippen LogP) is 3.38. The second-order valence-electron chi connectivity index (χ2n) is 4.81. The Hall–Kier alpha value is -2.43. The standard InChI is InChI=1S/C15H12ClN3O3S/c1-8(5-12(20)21)14(22)19-15-18-13(11(7-17)23-15)9-3-2-4-10(16)6-9/h2-4,6,8H,5H2,1H3,(H,20,21)(H,18,19,22)/t8-/m1/s1. The number of hydrogen-bond acceptors (Lipinski definition) is 5. The van der Waals surface area contributed by atoms with Gasteiger partial charge in [0.2, 0.25) is 5.91 Å². The quantitative estimate of drug-likeness (QED) is 0.861. The van der Waals surface area contributed by atoms with E-state index in [1.54, 1.807) is 24.3 Å². The van der Waals surface area contributed by atoms with Crippen molar-refractivity contribution in [3.05, 3.63) is 34.2 Å². The fraction of sp³-hybridized carbons (Fsp3) is 0.200. The van der Waals surface area contributed by atoms with Crippen LogP contribution in [0.3, 0.4) is 0 Å². The Labute approximate surface area is 141 Å². The van der Waals surface area contributed by atoms with Gasteiger partial charge < -0.3 is 10.4 Å². The van der Waals surface area contributed by atoms with Crippen LogP contribution in [-0.2, 0) is 9.59 Å². The van der Waals surface area contributed by atoms with Crippen LogP contribution in [0.5, 0.6) is 0 Å². The Bertz CT molecular complexity index is 798. The van der Waals surface area contributed by atoms with E-state index in [1.165, 1.54) is 6.92 Å². The number of anilines is 1. The number of nitrogens with zero attached hydrogens (tertiary/aromatic N) is 2. The van der Waals surface area contributed by atoms with E-state index in [4.69, 9.17) is 16.7 Å². The summed E-state index contributed by atoms with van der Waals surface area (Å²) in [6.45, 7) is 1.51. The van der Waals surface area contributed by atoms with Gasteiger partial charge in [-0.05, 0) is 12.1 Å². The molecule has 8 heteroatoms. The zero-order chi connectivity index (χ0) is 17.0. The van der Waals surface area contributed by atoms with Gasteiger partial charge >= 0.3 is 5.97 Å². The van der Waals surface area contributed by atoms with Crippen LogP contribution in [0.15, 0.2) is 24.3 Å². The molecule has 1 aromatic carbocycles. The van der Waals surface area contributed by atoms with Gasteiger partial charge in [-0.3, -0.25) is 9.59 Å². The minimum Gasteiger partial charge on any atom is -0.481 e. The molecule has 1 heterocycles. The molecule has 23 heavy (non-hydrogen) atoms. The van der Waals surface area contributed by atoms with Crippen molar-refractivity contribution in [2.75, 3.05) is 5.32 Å². The van der Waals surface area contributed by atoms with Crippen molar-refractivity contribution >= 4 is 39.9 Å². The third kappa shape index (κ3) is 4.28. The van der Waals surface area contributed by atoms with Crippen molar-refractivity contribution in [1.82, 2.24) is 4.98 Å². The van der Waals surface area contributed by atoms with Crippen LogP contribution in [0.1, 0.15) is 18.2 Å². The third-order valence-corrected chi connectivity index (χ3v) is 4.10. The predicted molar refractivity (Wildman–Crippen MR) is 87.3 cm³/mol. The number of rotatable bonds is 5. The van der Waals surface area contributed by atoms with Crippen LogP contribution in [-0.4, -0.2) is 22.0 Å². The Kier molecular flexibility index (Phi) is 5.32. The minimum absolute atomic E-state index is 0.249. The molecule has 1 aromatic heterocycles. The molecule has 1 amide bonds. The van der Waals surface area contributed by atoms with Crippen LogP contribution in [0.2, 0.25) is 5.02 Å². The molecule has 0 saturated heterocycles. The first-order chi connectivity index (χ1) is 10.9. The number of benzene rings is 1. The summed E-state index contributed by atoms with van der Waals surface area (Å²) in [4.78, 5) is 27.2. The van der Waals surface area contributed by atoms with Gasteiger partial charge in [-0.25, -0.2) is 4.98 Å². The number of carbonyl (C=O) groups excluding carboxylic acids is 1. The average molecular weight is 350 g/mol. The van der Waals surface area contributed by atoms with Crippen molar-refractivity contribution in [2.45, 2.75) is 13.3 Å². The van der Waals surface area contributed by atoms with Crippen molar-refractivity contribution < 1.29 is 14.7 Å². The SMILES string of the molecule is C[C@H](CC(=O)O)C(=O)Nc1nc(-c2cccc(Cl)c2)c(C#N)s1. The summed E-state index contributed by atoms with van der Waals surface area (Å²) in [6.07, 6.45) is -0.274. The smallest absolute Gasteiger partial charge is 0.304 e. The number of amides is 1. The Morgan fingerprint density at radius 1 is 1.52 bits per heavy atom. The lowest BCUT2D eigenvalue weighted by Crippen LogP contribution is -2.22. The summed E-state index contributed by atoms with van der Waals surface area (Å²) in [6, 6.07) is 8.93. The maximum Gasteiger partial charge on any atom is 0.304 e. The molecule has 2 rings (SSSR count). The second kappa shape index (κ2) is 7.22. The number of nitrogens with one attached hydrogen (secondary N) is 1. The molecule has 2 N–H and O–H groups in total. The normalized spacial score (nSPS) is 11.5. The van der Waals surface area contributed by atoms with Crippen LogP contribution >= 0.6 is 22.9 Å². The highest BCUT2D eigenvalue weighted by Crippen LogP contribution is 2.32. The molecule has 0 radical (unpaired) electrons. The van der Waals surface area contributed by atoms with Gasteiger partial charge in [0, 0.05) is 16.5 Å². The maximum atomic E-state index is 11.9. The molecule has 0 spiro atoms. The molecule has 2 aromatic rings. The average Bonchev–Trinajstić information content (AvgIpc) is 2.89. The van der Waals surface area contributed by atoms with Crippen molar-refractivity contribution in [3.63, 3.8) is 0 Å². The fourth-order valence-corrected chi connectivity index (χ4v) is 2.84. The van der Waals surface area contributed by atoms with Gasteiger partial charge in [0.25, 0.3) is 0 Å². The van der Waals surface area contributed by atoms with Crippen molar-refractivity contribution in [2.24, 2.45) is 5.92 Å². The van der Waals surface area contributed by atoms with E-state index < -0.39 is 17.8 Å². The summed E-state index contributed by atoms with van der Waals surface area (Å²) in [7, 11) is 0. The van der Waals surface area contributed by atoms with E-state index >= 15 is 0 Å². The first-order valence-corrected chi connectivity index (χ1v) is 7.79. The van der Waals surface area contributed by atoms with Gasteiger partial charge in [-0.15, -0.1) is 0 Å². The lowest BCUT2D eigenvalue weighted by molar-refractivity contribution is -0.139. The monoisotopic (exact) mass is 349 g/mol. The second-order valence-corrected chi connectivity index (χ2v) is 6.24. The summed E-state index contributed by atoms with van der Waals surface area (Å²) in [5.74, 6) is -2.20. The molecule has 0 aliphatic carbocycles. The molecule has 0 saturated carbocycles. The van der Waals surface area contributed by atoms with Crippen LogP contribution in [0.25, 0.3) is 11.3 Å². The lowest BCUT2D eigenvalue weighted by Gasteiger charge is -2.07. The lowest BCUT2D eigenvalue weighted by atomic mass is 10.1. The minimum atomic E-state index is -1.05. The number of aromatic nitrogens is 1. The van der Waals surface area contributed by atoms with E-state index in [-0.39, 0.29) is 11.6 Å².